The molecule has 1 atom stereocenters. The Labute approximate surface area is 135 Å². The molecule has 0 saturated heterocycles. The number of guanidine groups is 1. The van der Waals surface area contributed by atoms with Crippen molar-refractivity contribution in [2.75, 3.05) is 11.4 Å². The summed E-state index contributed by atoms with van der Waals surface area (Å²) in [6, 6.07) is 8.40. The van der Waals surface area contributed by atoms with Gasteiger partial charge in [0, 0.05) is 10.2 Å². The number of nitrogens with zero attached hydrogens (tertiary/aromatic N) is 2. The zero-order valence-corrected chi connectivity index (χ0v) is 14.5. The standard InChI is InChI=1S/C17H24BrN3/c1-16(2)7-4-8-17(10-9-16)12-20-15(19)21(17)14-6-3-5-13(18)11-14/h3,5-6,11H,4,7-10,12H2,1-2H3,(H2,19,20). The van der Waals surface area contributed by atoms with Crippen LogP contribution in [0.25, 0.3) is 0 Å². The van der Waals surface area contributed by atoms with Gasteiger partial charge in [0.1, 0.15) is 0 Å². The molecule has 1 saturated carbocycles. The average Bonchev–Trinajstić information content (AvgIpc) is 2.65. The molecule has 1 heterocycles. The highest BCUT2D eigenvalue weighted by Crippen LogP contribution is 2.44. The van der Waals surface area contributed by atoms with Gasteiger partial charge < -0.3 is 10.6 Å². The number of nitrogens with two attached hydrogens (primary N) is 1. The normalized spacial score (nSPS) is 28.5. The van der Waals surface area contributed by atoms with E-state index in [0.29, 0.717) is 11.4 Å². The summed E-state index contributed by atoms with van der Waals surface area (Å²) in [4.78, 5) is 6.89. The van der Waals surface area contributed by atoms with E-state index in [0.717, 1.165) is 23.1 Å². The molecular formula is C17H24BrN3. The predicted octanol–water partition coefficient (Wildman–Crippen LogP) is 4.31. The molecule has 0 aromatic heterocycles. The van der Waals surface area contributed by atoms with Gasteiger partial charge in [-0.3, -0.25) is 4.99 Å². The van der Waals surface area contributed by atoms with Gasteiger partial charge in [-0.25, -0.2) is 0 Å². The van der Waals surface area contributed by atoms with Crippen molar-refractivity contribution in [1.82, 2.24) is 0 Å². The summed E-state index contributed by atoms with van der Waals surface area (Å²) in [5.41, 5.74) is 7.92. The summed E-state index contributed by atoms with van der Waals surface area (Å²) in [7, 11) is 0. The molecule has 0 amide bonds. The minimum absolute atomic E-state index is 0.0820. The molecule has 1 unspecified atom stereocenters. The van der Waals surface area contributed by atoms with Gasteiger partial charge in [-0.05, 0) is 49.3 Å². The van der Waals surface area contributed by atoms with Crippen molar-refractivity contribution in [2.45, 2.75) is 51.5 Å². The van der Waals surface area contributed by atoms with Crippen molar-refractivity contribution in [3.05, 3.63) is 28.7 Å². The van der Waals surface area contributed by atoms with Crippen LogP contribution in [0.1, 0.15) is 46.0 Å². The third-order valence-electron chi connectivity index (χ3n) is 5.07. The third-order valence-corrected chi connectivity index (χ3v) is 5.56. The smallest absolute Gasteiger partial charge is 0.196 e. The second-order valence-corrected chi connectivity index (χ2v) is 8.15. The van der Waals surface area contributed by atoms with Crippen molar-refractivity contribution in [2.24, 2.45) is 16.1 Å². The van der Waals surface area contributed by atoms with Gasteiger partial charge in [0.15, 0.2) is 5.96 Å². The Bertz CT molecular complexity index is 567. The van der Waals surface area contributed by atoms with Crippen LogP contribution in [0.2, 0.25) is 0 Å². The highest BCUT2D eigenvalue weighted by molar-refractivity contribution is 9.10. The van der Waals surface area contributed by atoms with Crippen LogP contribution >= 0.6 is 15.9 Å². The molecule has 1 aliphatic carbocycles. The van der Waals surface area contributed by atoms with E-state index in [1.165, 1.54) is 25.7 Å². The molecule has 1 aliphatic heterocycles. The maximum atomic E-state index is 6.25. The summed E-state index contributed by atoms with van der Waals surface area (Å²) in [5.74, 6) is 0.674. The van der Waals surface area contributed by atoms with Gasteiger partial charge >= 0.3 is 0 Å². The molecule has 3 rings (SSSR count). The Kier molecular flexibility index (Phi) is 3.76. The zero-order valence-electron chi connectivity index (χ0n) is 12.9. The van der Waals surface area contributed by atoms with E-state index >= 15 is 0 Å². The van der Waals surface area contributed by atoms with Crippen LogP contribution in [-0.4, -0.2) is 18.0 Å². The number of aliphatic imine (C=N–C) groups is 1. The molecule has 114 valence electrons. The number of hydrogen-bond acceptors (Lipinski definition) is 3. The molecule has 1 aromatic carbocycles. The molecule has 1 aromatic rings. The maximum absolute atomic E-state index is 6.25. The van der Waals surface area contributed by atoms with E-state index in [-0.39, 0.29) is 5.54 Å². The van der Waals surface area contributed by atoms with Crippen LogP contribution in [0.5, 0.6) is 0 Å². The topological polar surface area (TPSA) is 41.6 Å². The molecule has 0 radical (unpaired) electrons. The number of anilines is 1. The monoisotopic (exact) mass is 349 g/mol. The maximum Gasteiger partial charge on any atom is 0.196 e. The fourth-order valence-corrected chi connectivity index (χ4v) is 4.12. The Balaban J connectivity index is 1.95. The lowest BCUT2D eigenvalue weighted by molar-refractivity contribution is 0.302. The molecule has 3 nitrogen and oxygen atoms in total. The summed E-state index contributed by atoms with van der Waals surface area (Å²) >= 11 is 3.57. The van der Waals surface area contributed by atoms with E-state index in [1.807, 2.05) is 0 Å². The minimum Gasteiger partial charge on any atom is -0.369 e. The summed E-state index contributed by atoms with van der Waals surface area (Å²) < 4.78 is 1.09. The summed E-state index contributed by atoms with van der Waals surface area (Å²) in [5, 5.41) is 0. The Morgan fingerprint density at radius 2 is 2.00 bits per heavy atom. The average molecular weight is 350 g/mol. The molecule has 1 fully saturated rings. The molecule has 21 heavy (non-hydrogen) atoms. The largest absolute Gasteiger partial charge is 0.369 e. The van der Waals surface area contributed by atoms with Crippen LogP contribution in [-0.2, 0) is 0 Å². The number of rotatable bonds is 1. The minimum atomic E-state index is 0.0820. The summed E-state index contributed by atoms with van der Waals surface area (Å²) in [6.45, 7) is 5.60. The first-order chi connectivity index (χ1) is 9.92. The fourth-order valence-electron chi connectivity index (χ4n) is 3.73. The van der Waals surface area contributed by atoms with Crippen LogP contribution < -0.4 is 10.6 Å². The molecular weight excluding hydrogens is 326 g/mol. The van der Waals surface area contributed by atoms with Gasteiger partial charge in [0.05, 0.1) is 12.1 Å². The fraction of sp³-hybridized carbons (Fsp3) is 0.588. The Morgan fingerprint density at radius 3 is 2.76 bits per heavy atom. The van der Waals surface area contributed by atoms with Crippen LogP contribution in [0.15, 0.2) is 33.7 Å². The first-order valence-electron chi connectivity index (χ1n) is 7.78. The SMILES string of the molecule is CC1(C)CCCC2(CC1)CN=C(N)N2c1cccc(Br)c1. The third kappa shape index (κ3) is 2.83. The van der Waals surface area contributed by atoms with Crippen molar-refractivity contribution in [1.29, 1.82) is 0 Å². The molecule has 2 N–H and O–H groups in total. The van der Waals surface area contributed by atoms with Crippen LogP contribution in [0.4, 0.5) is 5.69 Å². The van der Waals surface area contributed by atoms with E-state index in [1.54, 1.807) is 0 Å². The highest BCUT2D eigenvalue weighted by atomic mass is 79.9. The number of benzene rings is 1. The predicted molar refractivity (Wildman–Crippen MR) is 92.7 cm³/mol. The van der Waals surface area contributed by atoms with E-state index in [9.17, 15) is 0 Å². The Hall–Kier alpha value is -1.03. The van der Waals surface area contributed by atoms with Crippen molar-refractivity contribution in [3.8, 4) is 0 Å². The quantitative estimate of drug-likeness (QED) is 0.820. The first-order valence-corrected chi connectivity index (χ1v) is 8.57. The van der Waals surface area contributed by atoms with Crippen LogP contribution in [0.3, 0.4) is 0 Å². The van der Waals surface area contributed by atoms with Crippen molar-refractivity contribution >= 4 is 27.6 Å². The van der Waals surface area contributed by atoms with E-state index in [4.69, 9.17) is 5.73 Å². The highest BCUT2D eigenvalue weighted by Gasteiger charge is 2.45. The lowest BCUT2D eigenvalue weighted by Crippen LogP contribution is -2.51. The second kappa shape index (κ2) is 5.31. The van der Waals surface area contributed by atoms with E-state index in [2.05, 4.69) is 63.9 Å². The van der Waals surface area contributed by atoms with Gasteiger partial charge in [0.25, 0.3) is 0 Å². The molecule has 1 spiro atoms. The lowest BCUT2D eigenvalue weighted by Gasteiger charge is -2.39. The number of hydrogen-bond donors (Lipinski definition) is 1. The lowest BCUT2D eigenvalue weighted by atomic mass is 9.83. The van der Waals surface area contributed by atoms with Gasteiger partial charge in [0.2, 0.25) is 0 Å². The Morgan fingerprint density at radius 1 is 1.19 bits per heavy atom. The first kappa shape index (κ1) is 14.9. The van der Waals surface area contributed by atoms with Gasteiger partial charge in [-0.1, -0.05) is 42.3 Å². The van der Waals surface area contributed by atoms with Crippen molar-refractivity contribution < 1.29 is 0 Å². The van der Waals surface area contributed by atoms with Crippen molar-refractivity contribution in [3.63, 3.8) is 0 Å². The number of halogens is 1. The molecule has 0 bridgehead atoms. The van der Waals surface area contributed by atoms with E-state index < -0.39 is 0 Å². The van der Waals surface area contributed by atoms with Gasteiger partial charge in [-0.15, -0.1) is 0 Å². The van der Waals surface area contributed by atoms with Gasteiger partial charge in [-0.2, -0.15) is 0 Å². The van der Waals surface area contributed by atoms with Crippen LogP contribution in [0, 0.1) is 5.41 Å². The second-order valence-electron chi connectivity index (χ2n) is 7.23. The molecule has 4 heteroatoms. The summed E-state index contributed by atoms with van der Waals surface area (Å²) in [6.07, 6.45) is 6.12. The zero-order chi connectivity index (χ0) is 15.1. The molecule has 2 aliphatic rings.